The van der Waals surface area contributed by atoms with Crippen molar-refractivity contribution in [1.29, 1.82) is 0 Å². The number of phosphoric acid groups is 1. The number of aromatic amines is 1. The molecule has 0 amide bonds. The minimum absolute atomic E-state index is 0.0797. The Hall–Kier alpha value is -1.33. The van der Waals surface area contributed by atoms with Crippen LogP contribution in [-0.4, -0.2) is 69.0 Å². The zero-order chi connectivity index (χ0) is 19.1. The van der Waals surface area contributed by atoms with Crippen molar-refractivity contribution < 1.29 is 33.8 Å². The number of aliphatic hydroxyl groups is 2. The first-order valence-electron chi connectivity index (χ1n) is 7.28. The van der Waals surface area contributed by atoms with Gasteiger partial charge in [-0.1, -0.05) is 0 Å². The third-order valence-electron chi connectivity index (χ3n) is 3.77. The van der Waals surface area contributed by atoms with Gasteiger partial charge < -0.3 is 0 Å². The van der Waals surface area contributed by atoms with E-state index in [2.05, 4.69) is 9.51 Å². The Morgan fingerprint density at radius 1 is 1.31 bits per heavy atom. The SMILES string of the molecule is O=c1[nH]c(=O)n([C@@H]2O[C@H](COP(=O)(O)O)[C@@H](O)[C@H]2O)cc1-c1ccc[se]1. The molecule has 1 aliphatic heterocycles. The van der Waals surface area contributed by atoms with Crippen molar-refractivity contribution in [3.8, 4) is 10.0 Å². The van der Waals surface area contributed by atoms with Crippen molar-refractivity contribution in [2.75, 3.05) is 6.61 Å². The van der Waals surface area contributed by atoms with Crippen molar-refractivity contribution in [2.24, 2.45) is 0 Å². The average molecular weight is 453 g/mol. The molecule has 11 nitrogen and oxygen atoms in total. The molecule has 0 radical (unpaired) electrons. The summed E-state index contributed by atoms with van der Waals surface area (Å²) < 4.78 is 22.1. The standard InChI is InChI=1S/C13H15N2O9PSe/c16-9-7(5-23-25(20,21)22)24-12(10(9)17)15-4-6(8-2-1-3-26-8)11(18)14-13(15)19/h1-4,7,9-10,12,16-17H,5H2,(H,14,18,19)(H2,20,21,22)/t7-,9-,10-,12-/m1/s1. The van der Waals surface area contributed by atoms with Crippen LogP contribution in [0.5, 0.6) is 0 Å². The van der Waals surface area contributed by atoms with E-state index in [1.54, 1.807) is 12.1 Å². The second kappa shape index (κ2) is 7.35. The van der Waals surface area contributed by atoms with Gasteiger partial charge in [-0.3, -0.25) is 0 Å². The molecule has 4 atom stereocenters. The molecular weight excluding hydrogens is 438 g/mol. The fourth-order valence-corrected chi connectivity index (χ4v) is 4.43. The number of nitrogens with one attached hydrogen (secondary N) is 1. The van der Waals surface area contributed by atoms with Gasteiger partial charge in [0.05, 0.1) is 0 Å². The summed E-state index contributed by atoms with van der Waals surface area (Å²) in [6.45, 7) is -0.692. The second-order valence-corrected chi connectivity index (χ2v) is 8.75. The van der Waals surface area contributed by atoms with Crippen LogP contribution in [0.1, 0.15) is 6.23 Å². The van der Waals surface area contributed by atoms with Crippen molar-refractivity contribution in [3.05, 3.63) is 44.1 Å². The molecule has 0 aliphatic carbocycles. The molecule has 3 heterocycles. The summed E-state index contributed by atoms with van der Waals surface area (Å²) in [4.78, 5) is 45.6. The predicted molar refractivity (Wildman–Crippen MR) is 87.6 cm³/mol. The van der Waals surface area contributed by atoms with Crippen LogP contribution in [-0.2, 0) is 13.8 Å². The van der Waals surface area contributed by atoms with Crippen LogP contribution < -0.4 is 11.2 Å². The summed E-state index contributed by atoms with van der Waals surface area (Å²) in [5, 5.41) is 20.2. The van der Waals surface area contributed by atoms with E-state index >= 15 is 0 Å². The van der Waals surface area contributed by atoms with E-state index in [4.69, 9.17) is 14.5 Å². The molecule has 5 N–H and O–H groups in total. The number of rotatable bonds is 5. The van der Waals surface area contributed by atoms with Crippen molar-refractivity contribution in [1.82, 2.24) is 9.55 Å². The van der Waals surface area contributed by atoms with Crippen LogP contribution in [0.2, 0.25) is 0 Å². The topological polar surface area (TPSA) is 171 Å². The summed E-state index contributed by atoms with van der Waals surface area (Å²) in [7, 11) is -4.80. The molecule has 0 aromatic carbocycles. The Balaban J connectivity index is 1.91. The molecule has 2 aromatic rings. The van der Waals surface area contributed by atoms with E-state index in [1.807, 2.05) is 4.94 Å². The number of ether oxygens (including phenoxy) is 1. The maximum absolute atomic E-state index is 12.1. The van der Waals surface area contributed by atoms with Crippen LogP contribution in [0.25, 0.3) is 10.0 Å². The zero-order valence-electron chi connectivity index (χ0n) is 13.0. The Kier molecular flexibility index (Phi) is 5.50. The fourth-order valence-electron chi connectivity index (χ4n) is 2.55. The number of hydrogen-bond acceptors (Lipinski definition) is 7. The zero-order valence-corrected chi connectivity index (χ0v) is 15.6. The van der Waals surface area contributed by atoms with Crippen molar-refractivity contribution >= 4 is 22.3 Å². The molecule has 26 heavy (non-hydrogen) atoms. The summed E-state index contributed by atoms with van der Waals surface area (Å²) >= 11 is -0.0797. The van der Waals surface area contributed by atoms with Crippen LogP contribution in [0, 0.1) is 0 Å². The molecular formula is C13H15N2O9PSe. The second-order valence-electron chi connectivity index (χ2n) is 5.52. The van der Waals surface area contributed by atoms with Crippen LogP contribution in [0.15, 0.2) is 32.9 Å². The molecule has 0 bridgehead atoms. The van der Waals surface area contributed by atoms with E-state index in [0.717, 1.165) is 9.00 Å². The van der Waals surface area contributed by atoms with Gasteiger partial charge in [0.25, 0.3) is 0 Å². The number of aliphatic hydroxyl groups excluding tert-OH is 2. The molecule has 1 fully saturated rings. The summed E-state index contributed by atoms with van der Waals surface area (Å²) in [6.07, 6.45) is -4.53. The third-order valence-corrected chi connectivity index (χ3v) is 6.15. The molecule has 1 aliphatic rings. The molecule has 3 rings (SSSR count). The number of H-pyrrole nitrogens is 1. The Bertz CT molecular complexity index is 934. The first kappa shape index (κ1) is 19.4. The third kappa shape index (κ3) is 3.99. The minimum atomic E-state index is -4.80. The molecule has 1 saturated heterocycles. The van der Waals surface area contributed by atoms with Gasteiger partial charge in [-0.25, -0.2) is 0 Å². The van der Waals surface area contributed by atoms with Crippen molar-refractivity contribution in [3.63, 3.8) is 0 Å². The summed E-state index contributed by atoms with van der Waals surface area (Å²) in [5.74, 6) is 0. The van der Waals surface area contributed by atoms with Gasteiger partial charge in [0.15, 0.2) is 0 Å². The van der Waals surface area contributed by atoms with E-state index in [9.17, 15) is 24.4 Å². The number of nitrogens with zero attached hydrogens (tertiary/aromatic N) is 1. The Morgan fingerprint density at radius 2 is 2.04 bits per heavy atom. The van der Waals surface area contributed by atoms with Gasteiger partial charge in [-0.2, -0.15) is 0 Å². The molecule has 0 spiro atoms. The van der Waals surface area contributed by atoms with E-state index in [-0.39, 0.29) is 20.1 Å². The van der Waals surface area contributed by atoms with Gasteiger partial charge in [0, 0.05) is 0 Å². The molecule has 0 unspecified atom stereocenters. The first-order valence-corrected chi connectivity index (χ1v) is 10.7. The number of aromatic nitrogens is 2. The predicted octanol–water partition coefficient (Wildman–Crippen LogP) is -2.01. The van der Waals surface area contributed by atoms with Gasteiger partial charge in [-0.15, -0.1) is 0 Å². The number of phosphoric ester groups is 1. The van der Waals surface area contributed by atoms with E-state index in [0.29, 0.717) is 0 Å². The maximum atomic E-state index is 12.1. The summed E-state index contributed by atoms with van der Waals surface area (Å²) in [6, 6.07) is 3.52. The van der Waals surface area contributed by atoms with E-state index < -0.39 is 50.2 Å². The van der Waals surface area contributed by atoms with Gasteiger partial charge in [0.1, 0.15) is 0 Å². The first-order chi connectivity index (χ1) is 12.2. The Labute approximate surface area is 151 Å². The summed E-state index contributed by atoms with van der Waals surface area (Å²) in [5.41, 5.74) is -1.21. The molecule has 142 valence electrons. The molecule has 13 heteroatoms. The quantitative estimate of drug-likeness (QED) is 0.253. The normalized spacial score (nSPS) is 26.3. The van der Waals surface area contributed by atoms with Gasteiger partial charge in [0.2, 0.25) is 0 Å². The average Bonchev–Trinajstić information content (AvgIpc) is 3.16. The molecule has 0 saturated carbocycles. The van der Waals surface area contributed by atoms with Crippen LogP contribution in [0.4, 0.5) is 0 Å². The fraction of sp³-hybridized carbons (Fsp3) is 0.385. The van der Waals surface area contributed by atoms with Gasteiger partial charge >= 0.3 is 151 Å². The Morgan fingerprint density at radius 3 is 2.65 bits per heavy atom. The molecule has 2 aromatic heterocycles. The van der Waals surface area contributed by atoms with E-state index in [1.165, 1.54) is 6.20 Å². The van der Waals surface area contributed by atoms with Crippen molar-refractivity contribution in [2.45, 2.75) is 24.5 Å². The van der Waals surface area contributed by atoms with Gasteiger partial charge in [-0.05, 0) is 0 Å². The monoisotopic (exact) mass is 454 g/mol. The van der Waals surface area contributed by atoms with Crippen LogP contribution >= 0.6 is 7.82 Å². The number of hydrogen-bond donors (Lipinski definition) is 5. The van der Waals surface area contributed by atoms with Crippen LogP contribution in [0.3, 0.4) is 0 Å².